The van der Waals surface area contributed by atoms with Crippen molar-refractivity contribution in [1.82, 2.24) is 5.32 Å². The van der Waals surface area contributed by atoms with Gasteiger partial charge in [0.1, 0.15) is 0 Å². The molecule has 0 unspecified atom stereocenters. The first-order chi connectivity index (χ1) is 6.35. The summed E-state index contributed by atoms with van der Waals surface area (Å²) in [5.41, 5.74) is 0.232. The zero-order chi connectivity index (χ0) is 9.15. The van der Waals surface area contributed by atoms with Gasteiger partial charge in [-0.05, 0) is 38.3 Å². The van der Waals surface area contributed by atoms with Crippen LogP contribution in [0.3, 0.4) is 0 Å². The van der Waals surface area contributed by atoms with Crippen LogP contribution < -0.4 is 5.32 Å². The quantitative estimate of drug-likeness (QED) is 0.722. The monoisotopic (exact) mass is 183 g/mol. The van der Waals surface area contributed by atoms with E-state index in [-0.39, 0.29) is 5.60 Å². The standard InChI is InChI=1S/C11H21NO/c1-13-11(5-7-12-8-6-11)9-10-3-2-4-10/h10,12H,2-9H2,1H3. The van der Waals surface area contributed by atoms with Gasteiger partial charge in [0.25, 0.3) is 0 Å². The van der Waals surface area contributed by atoms with Crippen molar-refractivity contribution in [2.75, 3.05) is 20.2 Å². The van der Waals surface area contributed by atoms with E-state index < -0.39 is 0 Å². The van der Waals surface area contributed by atoms with Crippen LogP contribution in [-0.4, -0.2) is 25.8 Å². The van der Waals surface area contributed by atoms with Crippen LogP contribution in [0.4, 0.5) is 0 Å². The maximum Gasteiger partial charge on any atom is 0.0705 e. The topological polar surface area (TPSA) is 21.3 Å². The molecule has 2 nitrogen and oxygen atoms in total. The Morgan fingerprint density at radius 1 is 1.31 bits per heavy atom. The second kappa shape index (κ2) is 3.97. The largest absolute Gasteiger partial charge is 0.378 e. The van der Waals surface area contributed by atoms with Crippen molar-refractivity contribution in [1.29, 1.82) is 0 Å². The minimum Gasteiger partial charge on any atom is -0.378 e. The maximum absolute atomic E-state index is 5.75. The van der Waals surface area contributed by atoms with E-state index in [0.29, 0.717) is 0 Å². The summed E-state index contributed by atoms with van der Waals surface area (Å²) in [5.74, 6) is 0.970. The van der Waals surface area contributed by atoms with Crippen molar-refractivity contribution < 1.29 is 4.74 Å². The van der Waals surface area contributed by atoms with E-state index in [1.54, 1.807) is 0 Å². The molecule has 0 aromatic carbocycles. The van der Waals surface area contributed by atoms with Crippen LogP contribution in [0.25, 0.3) is 0 Å². The van der Waals surface area contributed by atoms with Gasteiger partial charge in [-0.3, -0.25) is 0 Å². The molecule has 0 aromatic rings. The minimum absolute atomic E-state index is 0.232. The molecule has 0 atom stereocenters. The fourth-order valence-corrected chi connectivity index (χ4v) is 2.60. The van der Waals surface area contributed by atoms with E-state index >= 15 is 0 Å². The first-order valence-corrected chi connectivity index (χ1v) is 5.60. The molecule has 1 aliphatic carbocycles. The number of methoxy groups -OCH3 is 1. The van der Waals surface area contributed by atoms with Gasteiger partial charge in [-0.25, -0.2) is 0 Å². The van der Waals surface area contributed by atoms with Crippen LogP contribution in [0.1, 0.15) is 38.5 Å². The van der Waals surface area contributed by atoms with Crippen molar-refractivity contribution in [2.45, 2.75) is 44.1 Å². The molecule has 2 aliphatic rings. The molecule has 0 radical (unpaired) electrons. The van der Waals surface area contributed by atoms with Crippen molar-refractivity contribution in [3.05, 3.63) is 0 Å². The van der Waals surface area contributed by atoms with E-state index in [0.717, 1.165) is 19.0 Å². The highest BCUT2D eigenvalue weighted by atomic mass is 16.5. The summed E-state index contributed by atoms with van der Waals surface area (Å²) in [7, 11) is 1.89. The Labute approximate surface area is 81.0 Å². The van der Waals surface area contributed by atoms with Gasteiger partial charge in [0.05, 0.1) is 5.60 Å². The predicted molar refractivity (Wildman–Crippen MR) is 53.8 cm³/mol. The highest BCUT2D eigenvalue weighted by molar-refractivity contribution is 4.89. The summed E-state index contributed by atoms with van der Waals surface area (Å²) in [4.78, 5) is 0. The van der Waals surface area contributed by atoms with Gasteiger partial charge < -0.3 is 10.1 Å². The van der Waals surface area contributed by atoms with Crippen LogP contribution in [-0.2, 0) is 4.74 Å². The Morgan fingerprint density at radius 3 is 2.46 bits per heavy atom. The van der Waals surface area contributed by atoms with Gasteiger partial charge >= 0.3 is 0 Å². The summed E-state index contributed by atoms with van der Waals surface area (Å²) in [6.07, 6.45) is 8.06. The van der Waals surface area contributed by atoms with Crippen LogP contribution >= 0.6 is 0 Å². The molecule has 1 N–H and O–H groups in total. The molecule has 0 spiro atoms. The zero-order valence-corrected chi connectivity index (χ0v) is 8.64. The third kappa shape index (κ3) is 2.05. The molecular formula is C11H21NO. The second-order valence-corrected chi connectivity index (χ2v) is 4.64. The van der Waals surface area contributed by atoms with Gasteiger partial charge in [-0.2, -0.15) is 0 Å². The molecule has 1 saturated carbocycles. The lowest BCUT2D eigenvalue weighted by Crippen LogP contribution is -2.45. The average Bonchev–Trinajstić information content (AvgIpc) is 2.13. The molecule has 2 heteroatoms. The smallest absolute Gasteiger partial charge is 0.0705 e. The summed E-state index contributed by atoms with van der Waals surface area (Å²) >= 11 is 0. The first kappa shape index (κ1) is 9.47. The summed E-state index contributed by atoms with van der Waals surface area (Å²) < 4.78 is 5.75. The van der Waals surface area contributed by atoms with Crippen LogP contribution in [0.15, 0.2) is 0 Å². The lowest BCUT2D eigenvalue weighted by molar-refractivity contribution is -0.0589. The molecule has 2 rings (SSSR count). The van der Waals surface area contributed by atoms with E-state index in [4.69, 9.17) is 4.74 Å². The Hall–Kier alpha value is -0.0800. The molecule has 13 heavy (non-hydrogen) atoms. The number of hydrogen-bond acceptors (Lipinski definition) is 2. The lowest BCUT2D eigenvalue weighted by Gasteiger charge is -2.41. The maximum atomic E-state index is 5.75. The molecule has 0 aromatic heterocycles. The molecule has 76 valence electrons. The van der Waals surface area contributed by atoms with Crippen LogP contribution in [0, 0.1) is 5.92 Å². The third-order valence-corrected chi connectivity index (χ3v) is 3.83. The molecule has 1 aliphatic heterocycles. The van der Waals surface area contributed by atoms with Crippen molar-refractivity contribution in [2.24, 2.45) is 5.92 Å². The molecule has 1 heterocycles. The highest BCUT2D eigenvalue weighted by Crippen LogP contribution is 2.38. The molecular weight excluding hydrogens is 162 g/mol. The van der Waals surface area contributed by atoms with Gasteiger partial charge in [0.15, 0.2) is 0 Å². The summed E-state index contributed by atoms with van der Waals surface area (Å²) in [6, 6.07) is 0. The Morgan fingerprint density at radius 2 is 2.00 bits per heavy atom. The molecule has 1 saturated heterocycles. The van der Waals surface area contributed by atoms with Gasteiger partial charge in [0.2, 0.25) is 0 Å². The van der Waals surface area contributed by atoms with E-state index in [9.17, 15) is 0 Å². The number of hydrogen-bond donors (Lipinski definition) is 1. The van der Waals surface area contributed by atoms with Crippen LogP contribution in [0.2, 0.25) is 0 Å². The van der Waals surface area contributed by atoms with Crippen molar-refractivity contribution in [3.63, 3.8) is 0 Å². The fraction of sp³-hybridized carbons (Fsp3) is 1.00. The SMILES string of the molecule is COC1(CC2CCC2)CCNCC1. The Kier molecular flexibility index (Phi) is 2.89. The summed E-state index contributed by atoms with van der Waals surface area (Å²) in [5, 5.41) is 3.40. The van der Waals surface area contributed by atoms with E-state index in [1.807, 2.05) is 7.11 Å². The first-order valence-electron chi connectivity index (χ1n) is 5.60. The molecule has 0 bridgehead atoms. The molecule has 2 fully saturated rings. The van der Waals surface area contributed by atoms with Gasteiger partial charge in [-0.1, -0.05) is 19.3 Å². The summed E-state index contributed by atoms with van der Waals surface area (Å²) in [6.45, 7) is 2.28. The Bertz CT molecular complexity index is 159. The number of nitrogens with one attached hydrogen (secondary N) is 1. The third-order valence-electron chi connectivity index (χ3n) is 3.83. The number of rotatable bonds is 3. The Balaban J connectivity index is 1.88. The highest BCUT2D eigenvalue weighted by Gasteiger charge is 2.35. The molecule has 0 amide bonds. The van der Waals surface area contributed by atoms with E-state index in [2.05, 4.69) is 5.32 Å². The van der Waals surface area contributed by atoms with Gasteiger partial charge in [-0.15, -0.1) is 0 Å². The lowest BCUT2D eigenvalue weighted by atomic mass is 9.74. The average molecular weight is 183 g/mol. The minimum atomic E-state index is 0.232. The van der Waals surface area contributed by atoms with Gasteiger partial charge in [0, 0.05) is 7.11 Å². The number of ether oxygens (including phenoxy) is 1. The fourth-order valence-electron chi connectivity index (χ4n) is 2.60. The predicted octanol–water partition coefficient (Wildman–Crippen LogP) is 1.95. The second-order valence-electron chi connectivity index (χ2n) is 4.64. The number of piperidine rings is 1. The van der Waals surface area contributed by atoms with Crippen LogP contribution in [0.5, 0.6) is 0 Å². The van der Waals surface area contributed by atoms with E-state index in [1.165, 1.54) is 38.5 Å². The van der Waals surface area contributed by atoms with Crippen molar-refractivity contribution >= 4 is 0 Å². The van der Waals surface area contributed by atoms with Crippen molar-refractivity contribution in [3.8, 4) is 0 Å². The zero-order valence-electron chi connectivity index (χ0n) is 8.64. The normalized spacial score (nSPS) is 28.4.